The van der Waals surface area contributed by atoms with Crippen molar-refractivity contribution < 1.29 is 38.5 Å². The summed E-state index contributed by atoms with van der Waals surface area (Å²) in [4.78, 5) is 53.1. The molecule has 1 fully saturated rings. The van der Waals surface area contributed by atoms with E-state index in [-0.39, 0.29) is 19.6 Å². The van der Waals surface area contributed by atoms with Crippen LogP contribution >= 0.6 is 0 Å². The Hall–Kier alpha value is -3.92. The number of nitrogens with zero attached hydrogens (tertiary/aromatic N) is 1. The van der Waals surface area contributed by atoms with Crippen LogP contribution in [0, 0.1) is 0 Å². The fraction of sp³-hybridized carbons (Fsp3) is 0.448. The lowest BCUT2D eigenvalue weighted by atomic mass is 9.86. The zero-order chi connectivity index (χ0) is 28.7. The lowest BCUT2D eigenvalue weighted by Gasteiger charge is -2.32. The lowest BCUT2D eigenvalue weighted by Crippen LogP contribution is -2.56. The quantitative estimate of drug-likeness (QED) is 0.347. The van der Waals surface area contributed by atoms with Crippen LogP contribution in [-0.4, -0.2) is 64.0 Å². The highest BCUT2D eigenvalue weighted by atomic mass is 16.6. The molecule has 2 amide bonds. The Morgan fingerprint density at radius 1 is 0.949 bits per heavy atom. The first-order chi connectivity index (χ1) is 18.4. The molecule has 2 N–H and O–H groups in total. The van der Waals surface area contributed by atoms with Crippen LogP contribution in [0.4, 0.5) is 4.79 Å². The summed E-state index contributed by atoms with van der Waals surface area (Å²) in [7, 11) is 0. The average molecular weight is 541 g/mol. The Bertz CT molecular complexity index is 1160. The zero-order valence-corrected chi connectivity index (χ0v) is 22.8. The second kappa shape index (κ2) is 12.3. The molecule has 1 unspecified atom stereocenters. The Morgan fingerprint density at radius 2 is 1.54 bits per heavy atom. The Kier molecular flexibility index (Phi) is 9.34. The molecule has 10 heteroatoms. The molecule has 0 saturated carbocycles. The average Bonchev–Trinajstić information content (AvgIpc) is 3.03. The van der Waals surface area contributed by atoms with Crippen molar-refractivity contribution in [2.75, 3.05) is 13.2 Å². The largest absolute Gasteiger partial charge is 0.466 e. The van der Waals surface area contributed by atoms with Gasteiger partial charge in [-0.1, -0.05) is 60.7 Å². The SMILES string of the molecule is CCOC(=O)CC1(O)C[C@@](Cc2ccccc2)(NC(=O)OCc2ccccc2)C(=O)N1CC(=O)OC(C)(C)C. The summed E-state index contributed by atoms with van der Waals surface area (Å²) < 4.78 is 15.8. The van der Waals surface area contributed by atoms with Crippen molar-refractivity contribution >= 4 is 23.9 Å². The summed E-state index contributed by atoms with van der Waals surface area (Å²) in [5.74, 6) is -2.29. The first kappa shape index (κ1) is 29.6. The van der Waals surface area contributed by atoms with E-state index < -0.39 is 60.2 Å². The van der Waals surface area contributed by atoms with Crippen LogP contribution in [0.25, 0.3) is 0 Å². The Balaban J connectivity index is 1.95. The number of nitrogens with one attached hydrogen (secondary N) is 1. The number of likely N-dealkylation sites (tertiary alicyclic amines) is 1. The Morgan fingerprint density at radius 3 is 2.10 bits per heavy atom. The molecular weight excluding hydrogens is 504 g/mol. The van der Waals surface area contributed by atoms with Crippen molar-refractivity contribution in [1.82, 2.24) is 10.2 Å². The minimum atomic E-state index is -2.14. The number of amides is 2. The van der Waals surface area contributed by atoms with E-state index >= 15 is 0 Å². The molecule has 210 valence electrons. The molecule has 1 aliphatic heterocycles. The summed E-state index contributed by atoms with van der Waals surface area (Å²) in [6, 6.07) is 17.9. The van der Waals surface area contributed by atoms with Crippen LogP contribution in [0.5, 0.6) is 0 Å². The third kappa shape index (κ3) is 8.03. The van der Waals surface area contributed by atoms with Gasteiger partial charge in [0.15, 0.2) is 5.72 Å². The van der Waals surface area contributed by atoms with Crippen molar-refractivity contribution in [3.8, 4) is 0 Å². The normalized spacial score (nSPS) is 20.8. The van der Waals surface area contributed by atoms with Gasteiger partial charge in [0.05, 0.1) is 13.0 Å². The molecule has 1 heterocycles. The summed E-state index contributed by atoms with van der Waals surface area (Å²) in [6.07, 6.45) is -1.91. The van der Waals surface area contributed by atoms with Crippen molar-refractivity contribution in [2.24, 2.45) is 0 Å². The Labute approximate surface area is 228 Å². The summed E-state index contributed by atoms with van der Waals surface area (Å²) in [5, 5.41) is 14.4. The van der Waals surface area contributed by atoms with Gasteiger partial charge in [-0.05, 0) is 38.8 Å². The number of aliphatic hydroxyl groups is 1. The minimum Gasteiger partial charge on any atom is -0.466 e. The predicted molar refractivity (Wildman–Crippen MR) is 141 cm³/mol. The minimum absolute atomic E-state index is 0.0247. The van der Waals surface area contributed by atoms with E-state index in [1.165, 1.54) is 0 Å². The molecule has 3 rings (SSSR count). The fourth-order valence-corrected chi connectivity index (χ4v) is 4.60. The maximum atomic E-state index is 14.0. The molecular formula is C29H36N2O8. The highest BCUT2D eigenvalue weighted by Crippen LogP contribution is 2.40. The molecule has 0 aliphatic carbocycles. The van der Waals surface area contributed by atoms with Gasteiger partial charge < -0.3 is 29.5 Å². The van der Waals surface area contributed by atoms with Crippen LogP contribution in [0.15, 0.2) is 60.7 Å². The van der Waals surface area contributed by atoms with Gasteiger partial charge in [0.1, 0.15) is 24.3 Å². The third-order valence-corrected chi connectivity index (χ3v) is 6.08. The molecule has 1 aliphatic rings. The molecule has 2 atom stereocenters. The van der Waals surface area contributed by atoms with Gasteiger partial charge in [0.25, 0.3) is 5.91 Å². The molecule has 39 heavy (non-hydrogen) atoms. The molecule has 0 spiro atoms. The van der Waals surface area contributed by atoms with Crippen LogP contribution < -0.4 is 5.32 Å². The number of hydrogen-bond donors (Lipinski definition) is 2. The maximum Gasteiger partial charge on any atom is 0.408 e. The molecule has 2 aromatic rings. The van der Waals surface area contributed by atoms with Gasteiger partial charge in [-0.25, -0.2) is 4.79 Å². The van der Waals surface area contributed by atoms with E-state index in [0.29, 0.717) is 5.56 Å². The topological polar surface area (TPSA) is 131 Å². The van der Waals surface area contributed by atoms with Crippen molar-refractivity contribution in [1.29, 1.82) is 0 Å². The number of carbonyl (C=O) groups excluding carboxylic acids is 4. The highest BCUT2D eigenvalue weighted by Gasteiger charge is 2.61. The molecule has 0 aromatic heterocycles. The number of carbonyl (C=O) groups is 4. The highest BCUT2D eigenvalue weighted by molar-refractivity contribution is 5.95. The van der Waals surface area contributed by atoms with E-state index in [0.717, 1.165) is 10.5 Å². The van der Waals surface area contributed by atoms with Gasteiger partial charge in [-0.3, -0.25) is 14.4 Å². The summed E-state index contributed by atoms with van der Waals surface area (Å²) in [5.41, 5.74) is -3.28. The standard InChI is InChI=1S/C29H36N2O8/c1-5-37-23(32)17-29(36)20-28(16-21-12-8-6-9-13-21,25(34)31(29)18-24(33)39-27(2,3)4)30-26(35)38-19-22-14-10-7-11-15-22/h6-15,36H,5,16-20H2,1-4H3,(H,30,35)/t28-,29?/m1/s1. The maximum absolute atomic E-state index is 14.0. The van der Waals surface area contributed by atoms with Crippen molar-refractivity contribution in [2.45, 2.75) is 70.4 Å². The summed E-state index contributed by atoms with van der Waals surface area (Å²) >= 11 is 0. The predicted octanol–water partition coefficient (Wildman–Crippen LogP) is 3.11. The third-order valence-electron chi connectivity index (χ3n) is 6.08. The van der Waals surface area contributed by atoms with E-state index in [1.807, 2.05) is 6.07 Å². The fourth-order valence-electron chi connectivity index (χ4n) is 4.60. The second-order valence-electron chi connectivity index (χ2n) is 10.5. The number of alkyl carbamates (subject to hydrolysis) is 1. The van der Waals surface area contributed by atoms with Gasteiger partial charge >= 0.3 is 18.0 Å². The van der Waals surface area contributed by atoms with E-state index in [4.69, 9.17) is 14.2 Å². The second-order valence-corrected chi connectivity index (χ2v) is 10.5. The smallest absolute Gasteiger partial charge is 0.408 e. The monoisotopic (exact) mass is 540 g/mol. The van der Waals surface area contributed by atoms with Crippen molar-refractivity contribution in [3.63, 3.8) is 0 Å². The van der Waals surface area contributed by atoms with Crippen LogP contribution in [-0.2, 0) is 41.6 Å². The van der Waals surface area contributed by atoms with Gasteiger partial charge in [-0.15, -0.1) is 0 Å². The molecule has 2 aromatic carbocycles. The summed E-state index contributed by atoms with van der Waals surface area (Å²) in [6.45, 7) is 6.02. The number of benzene rings is 2. The molecule has 0 radical (unpaired) electrons. The van der Waals surface area contributed by atoms with Crippen molar-refractivity contribution in [3.05, 3.63) is 71.8 Å². The lowest BCUT2D eigenvalue weighted by molar-refractivity contribution is -0.174. The van der Waals surface area contributed by atoms with E-state index in [1.54, 1.807) is 82.3 Å². The van der Waals surface area contributed by atoms with Crippen LogP contribution in [0.2, 0.25) is 0 Å². The van der Waals surface area contributed by atoms with E-state index in [2.05, 4.69) is 5.32 Å². The van der Waals surface area contributed by atoms with Gasteiger partial charge in [0.2, 0.25) is 0 Å². The van der Waals surface area contributed by atoms with Crippen LogP contribution in [0.1, 0.15) is 51.7 Å². The van der Waals surface area contributed by atoms with Gasteiger partial charge in [0, 0.05) is 12.8 Å². The first-order valence-electron chi connectivity index (χ1n) is 12.8. The zero-order valence-electron chi connectivity index (χ0n) is 22.8. The number of hydrogen-bond acceptors (Lipinski definition) is 8. The number of rotatable bonds is 10. The molecule has 1 saturated heterocycles. The number of ether oxygens (including phenoxy) is 3. The molecule has 10 nitrogen and oxygen atoms in total. The number of esters is 2. The molecule has 0 bridgehead atoms. The van der Waals surface area contributed by atoms with Crippen LogP contribution in [0.3, 0.4) is 0 Å². The first-order valence-corrected chi connectivity index (χ1v) is 12.8. The van der Waals surface area contributed by atoms with E-state index in [9.17, 15) is 24.3 Å². The van der Waals surface area contributed by atoms with Gasteiger partial charge in [-0.2, -0.15) is 0 Å².